The fourth-order valence-corrected chi connectivity index (χ4v) is 1.90. The van der Waals surface area contributed by atoms with Gasteiger partial charge in [-0.05, 0) is 24.1 Å². The van der Waals surface area contributed by atoms with Crippen molar-refractivity contribution < 1.29 is 23.0 Å². The number of nitrogens with one attached hydrogen (secondary N) is 1. The second kappa shape index (κ2) is 4.92. The zero-order valence-electron chi connectivity index (χ0n) is 11.6. The third kappa shape index (κ3) is 3.37. The summed E-state index contributed by atoms with van der Waals surface area (Å²) in [5.41, 5.74) is 0.879. The highest BCUT2D eigenvalue weighted by atomic mass is 19.3. The molecule has 20 heavy (non-hydrogen) atoms. The molecule has 0 radical (unpaired) electrons. The zero-order chi connectivity index (χ0) is 15.0. The standard InChI is InChI=1S/C14H17F2NO3/c1-13(2)19-10-5-4-9(8-11(10)20-13)6-7-17-12(18)14(3,15)16/h4-5,8H,6-7H2,1-3H3,(H,17,18). The van der Waals surface area contributed by atoms with Crippen molar-refractivity contribution in [3.8, 4) is 11.5 Å². The maximum atomic E-state index is 12.7. The Balaban J connectivity index is 1.92. The molecule has 0 atom stereocenters. The highest BCUT2D eigenvalue weighted by Gasteiger charge is 2.32. The monoisotopic (exact) mass is 285 g/mol. The molecule has 0 spiro atoms. The predicted octanol–water partition coefficient (Wildman–Crippen LogP) is 2.51. The molecular weight excluding hydrogens is 268 g/mol. The Hall–Kier alpha value is -1.85. The van der Waals surface area contributed by atoms with Crippen LogP contribution in [0.3, 0.4) is 0 Å². The number of hydrogen-bond donors (Lipinski definition) is 1. The number of ether oxygens (including phenoxy) is 2. The summed E-state index contributed by atoms with van der Waals surface area (Å²) >= 11 is 0. The number of alkyl halides is 2. The van der Waals surface area contributed by atoms with Gasteiger partial charge in [-0.25, -0.2) is 0 Å². The van der Waals surface area contributed by atoms with Crippen LogP contribution in [0.15, 0.2) is 18.2 Å². The van der Waals surface area contributed by atoms with E-state index >= 15 is 0 Å². The number of halogens is 2. The van der Waals surface area contributed by atoms with Gasteiger partial charge in [0.25, 0.3) is 5.91 Å². The zero-order valence-corrected chi connectivity index (χ0v) is 11.6. The highest BCUT2D eigenvalue weighted by Crippen LogP contribution is 2.39. The Morgan fingerprint density at radius 2 is 1.95 bits per heavy atom. The van der Waals surface area contributed by atoms with Crippen LogP contribution in [-0.4, -0.2) is 24.2 Å². The third-order valence-electron chi connectivity index (χ3n) is 2.82. The number of hydrogen-bond acceptors (Lipinski definition) is 3. The van der Waals surface area contributed by atoms with E-state index in [0.717, 1.165) is 5.56 Å². The van der Waals surface area contributed by atoms with Gasteiger partial charge in [0.1, 0.15) is 0 Å². The van der Waals surface area contributed by atoms with Gasteiger partial charge in [0.05, 0.1) is 0 Å². The van der Waals surface area contributed by atoms with Crippen LogP contribution in [-0.2, 0) is 11.2 Å². The van der Waals surface area contributed by atoms with E-state index in [2.05, 4.69) is 5.32 Å². The fraction of sp³-hybridized carbons (Fsp3) is 0.500. The maximum absolute atomic E-state index is 12.7. The van der Waals surface area contributed by atoms with Gasteiger partial charge in [-0.1, -0.05) is 6.07 Å². The van der Waals surface area contributed by atoms with E-state index in [4.69, 9.17) is 9.47 Å². The first-order chi connectivity index (χ1) is 9.17. The Bertz CT molecular complexity index is 524. The van der Waals surface area contributed by atoms with Gasteiger partial charge >= 0.3 is 5.92 Å². The van der Waals surface area contributed by atoms with Gasteiger partial charge < -0.3 is 14.8 Å². The van der Waals surface area contributed by atoms with E-state index in [9.17, 15) is 13.6 Å². The van der Waals surface area contributed by atoms with Crippen molar-refractivity contribution in [3.63, 3.8) is 0 Å². The van der Waals surface area contributed by atoms with Gasteiger partial charge in [0.2, 0.25) is 5.79 Å². The Kier molecular flexibility index (Phi) is 3.58. The molecule has 6 heteroatoms. The van der Waals surface area contributed by atoms with E-state index in [1.807, 2.05) is 6.07 Å². The molecule has 4 nitrogen and oxygen atoms in total. The van der Waals surface area contributed by atoms with E-state index in [0.29, 0.717) is 24.8 Å². The van der Waals surface area contributed by atoms with Crippen molar-refractivity contribution in [3.05, 3.63) is 23.8 Å². The van der Waals surface area contributed by atoms with Crippen LogP contribution in [0.1, 0.15) is 26.3 Å². The first-order valence-corrected chi connectivity index (χ1v) is 6.34. The Morgan fingerprint density at radius 3 is 2.60 bits per heavy atom. The SMILES string of the molecule is CC1(C)Oc2ccc(CCNC(=O)C(C)(F)F)cc2O1. The van der Waals surface area contributed by atoms with Crippen molar-refractivity contribution in [2.75, 3.05) is 6.54 Å². The van der Waals surface area contributed by atoms with Crippen molar-refractivity contribution >= 4 is 5.91 Å². The topological polar surface area (TPSA) is 47.6 Å². The van der Waals surface area contributed by atoms with Crippen LogP contribution in [0.5, 0.6) is 11.5 Å². The number of carbonyl (C=O) groups excluding carboxylic acids is 1. The molecule has 110 valence electrons. The molecule has 0 saturated heterocycles. The summed E-state index contributed by atoms with van der Waals surface area (Å²) < 4.78 is 36.4. The number of benzene rings is 1. The normalized spacial score (nSPS) is 16.1. The van der Waals surface area contributed by atoms with E-state index in [1.54, 1.807) is 26.0 Å². The summed E-state index contributed by atoms with van der Waals surface area (Å²) in [6, 6.07) is 5.38. The molecule has 0 aromatic heterocycles. The summed E-state index contributed by atoms with van der Waals surface area (Å²) in [6.07, 6.45) is 0.443. The first-order valence-electron chi connectivity index (χ1n) is 6.34. The lowest BCUT2D eigenvalue weighted by molar-refractivity contribution is -0.142. The average molecular weight is 285 g/mol. The molecule has 0 aliphatic carbocycles. The van der Waals surface area contributed by atoms with Crippen LogP contribution >= 0.6 is 0 Å². The molecule has 0 unspecified atom stereocenters. The van der Waals surface area contributed by atoms with Crippen molar-refractivity contribution in [1.29, 1.82) is 0 Å². The average Bonchev–Trinajstić information content (AvgIpc) is 2.60. The predicted molar refractivity (Wildman–Crippen MR) is 69.1 cm³/mol. The number of amides is 1. The fourth-order valence-electron chi connectivity index (χ4n) is 1.90. The minimum absolute atomic E-state index is 0.144. The first kappa shape index (κ1) is 14.6. The minimum atomic E-state index is -3.35. The lowest BCUT2D eigenvalue weighted by atomic mass is 10.1. The lowest BCUT2D eigenvalue weighted by Crippen LogP contribution is -2.38. The molecule has 0 fully saturated rings. The van der Waals surface area contributed by atoms with Crippen LogP contribution in [0.2, 0.25) is 0 Å². The van der Waals surface area contributed by atoms with Crippen LogP contribution in [0.25, 0.3) is 0 Å². The summed E-state index contributed by atoms with van der Waals surface area (Å²) in [5, 5.41) is 2.19. The molecule has 1 aliphatic heterocycles. The van der Waals surface area contributed by atoms with Crippen LogP contribution < -0.4 is 14.8 Å². The summed E-state index contributed by atoms with van der Waals surface area (Å²) in [6.45, 7) is 4.32. The van der Waals surface area contributed by atoms with Gasteiger partial charge in [-0.3, -0.25) is 4.79 Å². The van der Waals surface area contributed by atoms with E-state index in [-0.39, 0.29) is 6.54 Å². The van der Waals surface area contributed by atoms with Crippen molar-refractivity contribution in [1.82, 2.24) is 5.32 Å². The second-order valence-electron chi connectivity index (χ2n) is 5.28. The van der Waals surface area contributed by atoms with Gasteiger partial charge in [0, 0.05) is 27.3 Å². The molecule has 1 aromatic carbocycles. The largest absolute Gasteiger partial charge is 0.449 e. The smallest absolute Gasteiger partial charge is 0.321 e. The van der Waals surface area contributed by atoms with Crippen molar-refractivity contribution in [2.24, 2.45) is 0 Å². The van der Waals surface area contributed by atoms with Crippen molar-refractivity contribution in [2.45, 2.75) is 38.9 Å². The van der Waals surface area contributed by atoms with Gasteiger partial charge in [0.15, 0.2) is 11.5 Å². The second-order valence-corrected chi connectivity index (χ2v) is 5.28. The molecule has 1 aliphatic rings. The highest BCUT2D eigenvalue weighted by molar-refractivity contribution is 5.82. The number of fused-ring (bicyclic) bond motifs is 1. The Morgan fingerprint density at radius 1 is 1.30 bits per heavy atom. The van der Waals surface area contributed by atoms with Gasteiger partial charge in [-0.2, -0.15) is 8.78 Å². The van der Waals surface area contributed by atoms with Crippen LogP contribution in [0, 0.1) is 0 Å². The maximum Gasteiger partial charge on any atom is 0.321 e. The summed E-state index contributed by atoms with van der Waals surface area (Å²) in [5.74, 6) is -4.03. The molecule has 0 saturated carbocycles. The van der Waals surface area contributed by atoms with E-state index in [1.165, 1.54) is 0 Å². The molecule has 1 amide bonds. The number of carbonyl (C=O) groups is 1. The number of rotatable bonds is 4. The molecule has 1 N–H and O–H groups in total. The van der Waals surface area contributed by atoms with Crippen LogP contribution in [0.4, 0.5) is 8.78 Å². The molecule has 2 rings (SSSR count). The van der Waals surface area contributed by atoms with E-state index < -0.39 is 17.6 Å². The summed E-state index contributed by atoms with van der Waals surface area (Å²) in [4.78, 5) is 11.0. The third-order valence-corrected chi connectivity index (χ3v) is 2.82. The molecule has 0 bridgehead atoms. The molecule has 1 heterocycles. The molecular formula is C14H17F2NO3. The minimum Gasteiger partial charge on any atom is -0.449 e. The lowest BCUT2D eigenvalue weighted by Gasteiger charge is -2.16. The van der Waals surface area contributed by atoms with Gasteiger partial charge in [-0.15, -0.1) is 0 Å². The quantitative estimate of drug-likeness (QED) is 0.924. The molecule has 1 aromatic rings. The summed E-state index contributed by atoms with van der Waals surface area (Å²) in [7, 11) is 0. The Labute approximate surface area is 116 Å².